The molecule has 1 atom stereocenters. The lowest BCUT2D eigenvalue weighted by molar-refractivity contribution is 0.187. The highest BCUT2D eigenvalue weighted by atomic mass is 127. The molecule has 1 aliphatic rings. The van der Waals surface area contributed by atoms with Gasteiger partial charge in [0.15, 0.2) is 5.96 Å². The molecule has 94 valence electrons. The molecule has 0 aliphatic carbocycles. The van der Waals surface area contributed by atoms with Crippen molar-refractivity contribution in [2.75, 3.05) is 25.1 Å². The lowest BCUT2D eigenvalue weighted by Crippen LogP contribution is -2.24. The molecule has 3 N–H and O–H groups in total. The number of ether oxygens (including phenoxy) is 1. The number of nitrogens with one attached hydrogen (secondary N) is 1. The Bertz CT molecular complexity index is 352. The second kappa shape index (κ2) is 7.44. The lowest BCUT2D eigenvalue weighted by atomic mass is 10.1. The average Bonchev–Trinajstić information content (AvgIpc) is 2.81. The van der Waals surface area contributed by atoms with E-state index in [-0.39, 0.29) is 24.0 Å². The highest BCUT2D eigenvalue weighted by molar-refractivity contribution is 14.0. The summed E-state index contributed by atoms with van der Waals surface area (Å²) in [5.41, 5.74) is 5.74. The van der Waals surface area contributed by atoms with E-state index in [9.17, 15) is 0 Å². The molecule has 1 aromatic heterocycles. The number of hydrogen-bond donors (Lipinski definition) is 2. The summed E-state index contributed by atoms with van der Waals surface area (Å²) >= 11 is 0. The molecule has 1 unspecified atom stereocenters. The Morgan fingerprint density at radius 1 is 1.59 bits per heavy atom. The molecule has 0 radical (unpaired) electrons. The first-order valence-electron chi connectivity index (χ1n) is 5.40. The van der Waals surface area contributed by atoms with Gasteiger partial charge in [0.1, 0.15) is 5.82 Å². The Kier molecular flexibility index (Phi) is 6.20. The van der Waals surface area contributed by atoms with Crippen LogP contribution in [0.15, 0.2) is 29.4 Å². The van der Waals surface area contributed by atoms with Gasteiger partial charge in [0.25, 0.3) is 0 Å². The van der Waals surface area contributed by atoms with Gasteiger partial charge in [-0.1, -0.05) is 6.07 Å². The van der Waals surface area contributed by atoms with Crippen molar-refractivity contribution in [1.29, 1.82) is 0 Å². The van der Waals surface area contributed by atoms with Gasteiger partial charge >= 0.3 is 0 Å². The maximum Gasteiger partial charge on any atom is 0.194 e. The van der Waals surface area contributed by atoms with Crippen molar-refractivity contribution in [2.45, 2.75) is 6.42 Å². The monoisotopic (exact) mass is 348 g/mol. The molecule has 0 amide bonds. The summed E-state index contributed by atoms with van der Waals surface area (Å²) in [6, 6.07) is 5.60. The van der Waals surface area contributed by atoms with Gasteiger partial charge in [0.2, 0.25) is 0 Å². The summed E-state index contributed by atoms with van der Waals surface area (Å²) in [5, 5.41) is 2.94. The Labute approximate surface area is 118 Å². The minimum atomic E-state index is 0. The van der Waals surface area contributed by atoms with Crippen molar-refractivity contribution in [1.82, 2.24) is 4.98 Å². The largest absolute Gasteiger partial charge is 0.381 e. The predicted octanol–water partition coefficient (Wildman–Crippen LogP) is 1.46. The number of nitrogens with two attached hydrogens (primary N) is 1. The summed E-state index contributed by atoms with van der Waals surface area (Å²) < 4.78 is 5.26. The van der Waals surface area contributed by atoms with Crippen LogP contribution < -0.4 is 11.1 Å². The van der Waals surface area contributed by atoms with Crippen LogP contribution in [0, 0.1) is 5.92 Å². The molecular formula is C11H17IN4O. The average molecular weight is 348 g/mol. The molecule has 5 nitrogen and oxygen atoms in total. The van der Waals surface area contributed by atoms with Crippen LogP contribution in [0.4, 0.5) is 5.82 Å². The fraction of sp³-hybridized carbons (Fsp3) is 0.455. The van der Waals surface area contributed by atoms with E-state index in [1.54, 1.807) is 6.20 Å². The fourth-order valence-electron chi connectivity index (χ4n) is 1.56. The number of anilines is 1. The summed E-state index contributed by atoms with van der Waals surface area (Å²) in [6.45, 7) is 2.35. The molecule has 0 aromatic carbocycles. The van der Waals surface area contributed by atoms with E-state index in [1.165, 1.54) is 0 Å². The molecule has 1 saturated heterocycles. The van der Waals surface area contributed by atoms with E-state index >= 15 is 0 Å². The molecular weight excluding hydrogens is 331 g/mol. The van der Waals surface area contributed by atoms with E-state index in [1.807, 2.05) is 18.2 Å². The summed E-state index contributed by atoms with van der Waals surface area (Å²) in [4.78, 5) is 8.37. The number of halogens is 1. The Hall–Kier alpha value is -0.890. The van der Waals surface area contributed by atoms with Crippen LogP contribution in [0.5, 0.6) is 0 Å². The molecule has 1 aliphatic heterocycles. The molecule has 2 rings (SSSR count). The zero-order valence-electron chi connectivity index (χ0n) is 9.50. The van der Waals surface area contributed by atoms with Crippen LogP contribution in [0.3, 0.4) is 0 Å². The quantitative estimate of drug-likeness (QED) is 0.493. The number of aliphatic imine (C=N–C) groups is 1. The summed E-state index contributed by atoms with van der Waals surface area (Å²) in [6.07, 6.45) is 2.78. The van der Waals surface area contributed by atoms with Crippen molar-refractivity contribution in [3.05, 3.63) is 24.4 Å². The Morgan fingerprint density at radius 3 is 3.12 bits per heavy atom. The minimum absolute atomic E-state index is 0. The number of aromatic nitrogens is 1. The zero-order valence-corrected chi connectivity index (χ0v) is 11.8. The first kappa shape index (κ1) is 14.2. The molecule has 6 heteroatoms. The van der Waals surface area contributed by atoms with Gasteiger partial charge in [-0.15, -0.1) is 24.0 Å². The molecule has 0 spiro atoms. The third kappa shape index (κ3) is 4.86. The fourth-order valence-corrected chi connectivity index (χ4v) is 1.56. The molecule has 1 fully saturated rings. The Morgan fingerprint density at radius 2 is 2.47 bits per heavy atom. The molecule has 2 heterocycles. The van der Waals surface area contributed by atoms with Gasteiger partial charge in [-0.25, -0.2) is 4.98 Å². The van der Waals surface area contributed by atoms with Crippen LogP contribution in [0.1, 0.15) is 6.42 Å². The van der Waals surface area contributed by atoms with Gasteiger partial charge < -0.3 is 15.8 Å². The van der Waals surface area contributed by atoms with Crippen LogP contribution in [0.2, 0.25) is 0 Å². The van der Waals surface area contributed by atoms with Crippen LogP contribution in [-0.4, -0.2) is 30.7 Å². The second-order valence-corrected chi connectivity index (χ2v) is 3.80. The summed E-state index contributed by atoms with van der Waals surface area (Å²) in [7, 11) is 0. The standard InChI is InChI=1S/C11H16N4O.HI/c12-11(14-7-9-4-6-16-8-9)15-10-3-1-2-5-13-10;/h1-3,5,9H,4,6-8H2,(H3,12,13,14,15);1H. The van der Waals surface area contributed by atoms with Gasteiger partial charge in [-0.3, -0.25) is 4.99 Å². The molecule has 17 heavy (non-hydrogen) atoms. The van der Waals surface area contributed by atoms with Crippen molar-refractivity contribution in [3.8, 4) is 0 Å². The van der Waals surface area contributed by atoms with Gasteiger partial charge in [0.05, 0.1) is 6.61 Å². The van der Waals surface area contributed by atoms with E-state index in [0.717, 1.165) is 19.6 Å². The highest BCUT2D eigenvalue weighted by Crippen LogP contribution is 2.12. The SMILES string of the molecule is I.NC(=NCC1CCOC1)Nc1ccccn1. The maximum absolute atomic E-state index is 5.74. The first-order valence-corrected chi connectivity index (χ1v) is 5.40. The van der Waals surface area contributed by atoms with Crippen LogP contribution >= 0.6 is 24.0 Å². The van der Waals surface area contributed by atoms with Gasteiger partial charge in [-0.05, 0) is 18.6 Å². The maximum atomic E-state index is 5.74. The van der Waals surface area contributed by atoms with Crippen molar-refractivity contribution >= 4 is 35.8 Å². The molecule has 0 saturated carbocycles. The normalized spacial score (nSPS) is 19.8. The second-order valence-electron chi connectivity index (χ2n) is 3.80. The van der Waals surface area contributed by atoms with Crippen molar-refractivity contribution in [2.24, 2.45) is 16.6 Å². The van der Waals surface area contributed by atoms with Crippen LogP contribution in [-0.2, 0) is 4.74 Å². The van der Waals surface area contributed by atoms with Crippen LogP contribution in [0.25, 0.3) is 0 Å². The topological polar surface area (TPSA) is 72.5 Å². The third-order valence-corrected chi connectivity index (χ3v) is 2.46. The molecule has 0 bridgehead atoms. The van der Waals surface area contributed by atoms with Crippen molar-refractivity contribution in [3.63, 3.8) is 0 Å². The number of pyridine rings is 1. The van der Waals surface area contributed by atoms with E-state index in [4.69, 9.17) is 10.5 Å². The Balaban J connectivity index is 0.00000144. The van der Waals surface area contributed by atoms with Gasteiger partial charge in [0, 0.05) is 25.3 Å². The number of nitrogens with zero attached hydrogens (tertiary/aromatic N) is 2. The number of guanidine groups is 1. The first-order chi connectivity index (χ1) is 7.84. The smallest absolute Gasteiger partial charge is 0.194 e. The number of hydrogen-bond acceptors (Lipinski definition) is 3. The summed E-state index contributed by atoms with van der Waals surface area (Å²) in [5.74, 6) is 1.63. The van der Waals surface area contributed by atoms with Crippen molar-refractivity contribution < 1.29 is 4.74 Å². The van der Waals surface area contributed by atoms with E-state index < -0.39 is 0 Å². The predicted molar refractivity (Wildman–Crippen MR) is 78.7 cm³/mol. The highest BCUT2D eigenvalue weighted by Gasteiger charge is 2.14. The van der Waals surface area contributed by atoms with E-state index in [0.29, 0.717) is 24.2 Å². The van der Waals surface area contributed by atoms with E-state index in [2.05, 4.69) is 15.3 Å². The zero-order chi connectivity index (χ0) is 11.2. The third-order valence-electron chi connectivity index (χ3n) is 2.46. The minimum Gasteiger partial charge on any atom is -0.381 e. The number of rotatable bonds is 3. The molecule has 1 aromatic rings. The lowest BCUT2D eigenvalue weighted by Gasteiger charge is -2.06. The van der Waals surface area contributed by atoms with Gasteiger partial charge in [-0.2, -0.15) is 0 Å².